The Labute approximate surface area is 200 Å². The predicted octanol–water partition coefficient (Wildman–Crippen LogP) is 6.28. The van der Waals surface area contributed by atoms with Crippen molar-refractivity contribution >= 4 is 34.4 Å². The summed E-state index contributed by atoms with van der Waals surface area (Å²) in [6.07, 6.45) is 0. The van der Waals surface area contributed by atoms with Crippen LogP contribution < -0.4 is 9.64 Å². The number of ether oxygens (including phenoxy) is 1. The van der Waals surface area contributed by atoms with Crippen LogP contribution in [0.3, 0.4) is 0 Å². The molecule has 0 spiro atoms. The first kappa shape index (κ1) is 21.4. The largest absolute Gasteiger partial charge is 0.497 e. The summed E-state index contributed by atoms with van der Waals surface area (Å²) in [6.45, 7) is 0.240. The highest BCUT2D eigenvalue weighted by Gasteiger charge is 2.24. The van der Waals surface area contributed by atoms with Crippen LogP contribution in [0, 0.1) is 11.3 Å². The summed E-state index contributed by atoms with van der Waals surface area (Å²) < 4.78 is 11.3. The number of oxazole rings is 1. The summed E-state index contributed by atoms with van der Waals surface area (Å²) in [5, 5.41) is 13.4. The van der Waals surface area contributed by atoms with Gasteiger partial charge in [-0.25, -0.2) is 0 Å². The number of fused-ring (bicyclic) bond motifs is 1. The Balaban J connectivity index is 1.55. The lowest BCUT2D eigenvalue weighted by Gasteiger charge is -2.19. The van der Waals surface area contributed by atoms with Gasteiger partial charge in [-0.2, -0.15) is 21.6 Å². The number of benzene rings is 3. The van der Waals surface area contributed by atoms with Crippen LogP contribution in [-0.2, 0) is 6.54 Å². The van der Waals surface area contributed by atoms with Crippen molar-refractivity contribution in [2.45, 2.75) is 6.54 Å². The number of thiophene rings is 1. The normalized spacial score (nSPS) is 10.7. The smallest absolute Gasteiger partial charge is 0.305 e. The Morgan fingerprint density at radius 1 is 1.09 bits per heavy atom. The molecule has 0 unspecified atom stereocenters. The molecule has 0 bridgehead atoms. The highest BCUT2D eigenvalue weighted by Crippen LogP contribution is 2.30. The number of hydrogen-bond donors (Lipinski definition) is 0. The zero-order valence-corrected chi connectivity index (χ0v) is 19.1. The van der Waals surface area contributed by atoms with E-state index in [2.05, 4.69) is 22.5 Å². The van der Waals surface area contributed by atoms with E-state index in [1.807, 2.05) is 47.8 Å². The standard InChI is InChI=1S/C27H19N3O3S/c1-32-23-8-5-18(6-9-23)16-30(26(31)21-4-2-3-19(13-21)15-28)27-29-24-14-20(7-10-25(24)33-27)22-11-12-34-17-22/h2-14,17H,16H2,1H3. The van der Waals surface area contributed by atoms with E-state index in [0.717, 1.165) is 22.4 Å². The predicted molar refractivity (Wildman–Crippen MR) is 132 cm³/mol. The van der Waals surface area contributed by atoms with E-state index in [1.54, 1.807) is 42.7 Å². The van der Waals surface area contributed by atoms with Crippen molar-refractivity contribution in [1.82, 2.24) is 4.98 Å². The first-order valence-electron chi connectivity index (χ1n) is 10.5. The zero-order chi connectivity index (χ0) is 23.5. The van der Waals surface area contributed by atoms with Gasteiger partial charge in [-0.3, -0.25) is 9.69 Å². The highest BCUT2D eigenvalue weighted by atomic mass is 32.1. The molecule has 2 aromatic heterocycles. The number of amides is 1. The number of methoxy groups -OCH3 is 1. The third kappa shape index (κ3) is 4.27. The molecule has 166 valence electrons. The number of nitrogens with zero attached hydrogens (tertiary/aromatic N) is 3. The molecule has 0 aliphatic carbocycles. The van der Waals surface area contributed by atoms with Crippen molar-refractivity contribution < 1.29 is 13.9 Å². The van der Waals surface area contributed by atoms with Crippen molar-refractivity contribution in [2.24, 2.45) is 0 Å². The molecule has 1 amide bonds. The first-order valence-corrected chi connectivity index (χ1v) is 11.5. The maximum Gasteiger partial charge on any atom is 0.305 e. The molecule has 0 aliphatic rings. The first-order chi connectivity index (χ1) is 16.6. The number of anilines is 1. The van der Waals surface area contributed by atoms with Gasteiger partial charge in [-0.05, 0) is 76.0 Å². The highest BCUT2D eigenvalue weighted by molar-refractivity contribution is 7.08. The van der Waals surface area contributed by atoms with E-state index in [0.29, 0.717) is 22.2 Å². The fourth-order valence-electron chi connectivity index (χ4n) is 3.66. The van der Waals surface area contributed by atoms with Crippen molar-refractivity contribution in [3.05, 3.63) is 100 Å². The SMILES string of the molecule is COc1ccc(CN(C(=O)c2cccc(C#N)c2)c2nc3cc(-c4ccsc4)ccc3o2)cc1. The second-order valence-corrected chi connectivity index (χ2v) is 8.40. The van der Waals surface area contributed by atoms with Gasteiger partial charge < -0.3 is 9.15 Å². The van der Waals surface area contributed by atoms with Crippen molar-refractivity contribution in [3.8, 4) is 22.9 Å². The minimum atomic E-state index is -0.308. The summed E-state index contributed by atoms with van der Waals surface area (Å²) in [5.41, 5.74) is 5.07. The Hall–Kier alpha value is -4.41. The molecular formula is C27H19N3O3S. The third-order valence-corrected chi connectivity index (χ3v) is 6.13. The summed E-state index contributed by atoms with van der Waals surface area (Å²) >= 11 is 1.63. The quantitative estimate of drug-likeness (QED) is 0.295. The number of aromatic nitrogens is 1. The average molecular weight is 466 g/mol. The maximum absolute atomic E-state index is 13.6. The molecule has 5 aromatic rings. The van der Waals surface area contributed by atoms with E-state index in [9.17, 15) is 10.1 Å². The molecule has 6 nitrogen and oxygen atoms in total. The third-order valence-electron chi connectivity index (χ3n) is 5.45. The van der Waals surface area contributed by atoms with Crippen LogP contribution in [0.2, 0.25) is 0 Å². The molecule has 34 heavy (non-hydrogen) atoms. The lowest BCUT2D eigenvalue weighted by atomic mass is 10.1. The van der Waals surface area contributed by atoms with Gasteiger partial charge in [0.05, 0.1) is 25.3 Å². The molecule has 0 N–H and O–H groups in total. The summed E-state index contributed by atoms with van der Waals surface area (Å²) in [6, 6.07) is 24.2. The zero-order valence-electron chi connectivity index (χ0n) is 18.3. The molecular weight excluding hydrogens is 446 g/mol. The van der Waals surface area contributed by atoms with Crippen molar-refractivity contribution in [3.63, 3.8) is 0 Å². The Bertz CT molecular complexity index is 1500. The molecule has 0 fully saturated rings. The fraction of sp³-hybridized carbons (Fsp3) is 0.0741. The lowest BCUT2D eigenvalue weighted by Crippen LogP contribution is -2.30. The number of carbonyl (C=O) groups excluding carboxylic acids is 1. The second-order valence-electron chi connectivity index (χ2n) is 7.62. The molecule has 7 heteroatoms. The van der Waals surface area contributed by atoms with Crippen molar-refractivity contribution in [2.75, 3.05) is 12.0 Å². The second kappa shape index (κ2) is 9.22. The topological polar surface area (TPSA) is 79.4 Å². The summed E-state index contributed by atoms with van der Waals surface area (Å²) in [7, 11) is 1.61. The molecule has 2 heterocycles. The molecule has 0 radical (unpaired) electrons. The van der Waals surface area contributed by atoms with Gasteiger partial charge in [0.1, 0.15) is 11.3 Å². The van der Waals surface area contributed by atoms with Crippen LogP contribution in [0.25, 0.3) is 22.2 Å². The van der Waals surface area contributed by atoms with Gasteiger partial charge in [0.25, 0.3) is 5.91 Å². The van der Waals surface area contributed by atoms with Crippen LogP contribution in [0.15, 0.2) is 88.0 Å². The minimum absolute atomic E-state index is 0.195. The Morgan fingerprint density at radius 3 is 2.68 bits per heavy atom. The van der Waals surface area contributed by atoms with E-state index in [-0.39, 0.29) is 18.5 Å². The van der Waals surface area contributed by atoms with E-state index >= 15 is 0 Å². The lowest BCUT2D eigenvalue weighted by molar-refractivity contribution is 0.0980. The van der Waals surface area contributed by atoms with E-state index in [4.69, 9.17) is 9.15 Å². The van der Waals surface area contributed by atoms with E-state index in [1.165, 1.54) is 4.90 Å². The monoisotopic (exact) mass is 465 g/mol. The molecule has 5 rings (SSSR count). The minimum Gasteiger partial charge on any atom is -0.497 e. The van der Waals surface area contributed by atoms with E-state index < -0.39 is 0 Å². The van der Waals surface area contributed by atoms with Crippen LogP contribution in [0.1, 0.15) is 21.5 Å². The van der Waals surface area contributed by atoms with Gasteiger partial charge in [-0.1, -0.05) is 24.3 Å². The average Bonchev–Trinajstić information content (AvgIpc) is 3.57. The van der Waals surface area contributed by atoms with Gasteiger partial charge >= 0.3 is 6.01 Å². The summed E-state index contributed by atoms with van der Waals surface area (Å²) in [5.74, 6) is 0.420. The van der Waals surface area contributed by atoms with Gasteiger partial charge in [-0.15, -0.1) is 0 Å². The molecule has 0 atom stereocenters. The van der Waals surface area contributed by atoms with Gasteiger partial charge in [0.15, 0.2) is 5.58 Å². The van der Waals surface area contributed by atoms with Crippen molar-refractivity contribution in [1.29, 1.82) is 5.26 Å². The fourth-order valence-corrected chi connectivity index (χ4v) is 4.32. The van der Waals surface area contributed by atoms with Gasteiger partial charge in [0.2, 0.25) is 0 Å². The molecule has 0 saturated heterocycles. The number of hydrogen-bond acceptors (Lipinski definition) is 6. The molecule has 0 aliphatic heterocycles. The van der Waals surface area contributed by atoms with Crippen LogP contribution in [-0.4, -0.2) is 18.0 Å². The number of nitriles is 1. The Morgan fingerprint density at radius 2 is 1.94 bits per heavy atom. The van der Waals surface area contributed by atoms with Crippen LogP contribution >= 0.6 is 11.3 Å². The number of rotatable bonds is 6. The molecule has 3 aromatic carbocycles. The van der Waals surface area contributed by atoms with Crippen LogP contribution in [0.4, 0.5) is 6.01 Å². The summed E-state index contributed by atoms with van der Waals surface area (Å²) in [4.78, 5) is 19.7. The number of carbonyl (C=O) groups is 1. The van der Waals surface area contributed by atoms with Gasteiger partial charge in [0, 0.05) is 5.56 Å². The maximum atomic E-state index is 13.6. The Kier molecular flexibility index (Phi) is 5.81. The molecule has 0 saturated carbocycles. The van der Waals surface area contributed by atoms with Crippen LogP contribution in [0.5, 0.6) is 5.75 Å².